The van der Waals surface area contributed by atoms with Crippen molar-refractivity contribution < 1.29 is 14.3 Å². The standard InChI is InChI=1S/C58H95O3P/c1-5-9-13-17-21-22-26-30-34-38-57(54-45-39-51(40-46-54)35-31-27-23-18-14-10-6-2)58(61-62(59)60,55-47-41-52(42-48-55)36-32-28-24-19-15-11-7-3)56-49-43-53(44-50-56)37-33-29-25-20-16-12-8-4/h39-50,57,59-60H,5-38H2,1-4H3. The lowest BCUT2D eigenvalue weighted by Gasteiger charge is -2.42. The molecule has 0 aliphatic heterocycles. The number of benzene rings is 3. The lowest BCUT2D eigenvalue weighted by Crippen LogP contribution is -2.37. The molecule has 3 rings (SSSR count). The van der Waals surface area contributed by atoms with Crippen LogP contribution >= 0.6 is 8.60 Å². The second-order valence-corrected chi connectivity index (χ2v) is 19.7. The van der Waals surface area contributed by atoms with Gasteiger partial charge in [0.2, 0.25) is 0 Å². The Morgan fingerprint density at radius 3 is 0.952 bits per heavy atom. The molecule has 0 aromatic heterocycles. The number of hydrogen-bond donors (Lipinski definition) is 2. The van der Waals surface area contributed by atoms with Crippen molar-refractivity contribution in [2.75, 3.05) is 0 Å². The van der Waals surface area contributed by atoms with Crippen molar-refractivity contribution in [2.24, 2.45) is 0 Å². The van der Waals surface area contributed by atoms with E-state index in [0.29, 0.717) is 0 Å². The Hall–Kier alpha value is -2.03. The smallest absolute Gasteiger partial charge is 0.328 e. The van der Waals surface area contributed by atoms with E-state index in [1.807, 2.05) is 0 Å². The van der Waals surface area contributed by atoms with Gasteiger partial charge in [-0.3, -0.25) is 4.52 Å². The predicted molar refractivity (Wildman–Crippen MR) is 272 cm³/mol. The lowest BCUT2D eigenvalue weighted by molar-refractivity contribution is 0.0578. The minimum atomic E-state index is -2.66. The summed E-state index contributed by atoms with van der Waals surface area (Å²) >= 11 is 0. The van der Waals surface area contributed by atoms with Crippen LogP contribution in [0.2, 0.25) is 0 Å². The Bertz CT molecular complexity index is 1390. The van der Waals surface area contributed by atoms with Gasteiger partial charge in [0.1, 0.15) is 5.60 Å². The van der Waals surface area contributed by atoms with Crippen molar-refractivity contribution in [1.29, 1.82) is 0 Å². The Morgan fingerprint density at radius 2 is 0.645 bits per heavy atom. The number of hydrogen-bond acceptors (Lipinski definition) is 3. The monoisotopic (exact) mass is 871 g/mol. The van der Waals surface area contributed by atoms with Crippen molar-refractivity contribution in [3.8, 4) is 0 Å². The minimum absolute atomic E-state index is 0.0908. The summed E-state index contributed by atoms with van der Waals surface area (Å²) < 4.78 is 6.76. The highest BCUT2D eigenvalue weighted by atomic mass is 31.2. The maximum absolute atomic E-state index is 11.0. The quantitative estimate of drug-likeness (QED) is 0.0442. The number of aryl methyl sites for hydroxylation is 3. The average molecular weight is 871 g/mol. The summed E-state index contributed by atoms with van der Waals surface area (Å²) in [6.07, 6.45) is 43.1. The van der Waals surface area contributed by atoms with Gasteiger partial charge >= 0.3 is 8.60 Å². The van der Waals surface area contributed by atoms with Crippen molar-refractivity contribution in [1.82, 2.24) is 0 Å². The molecule has 0 aliphatic carbocycles. The summed E-state index contributed by atoms with van der Waals surface area (Å²) in [5, 5.41) is 0. The van der Waals surface area contributed by atoms with Crippen LogP contribution in [0.4, 0.5) is 0 Å². The largest absolute Gasteiger partial charge is 0.328 e. The molecule has 350 valence electrons. The van der Waals surface area contributed by atoms with Crippen LogP contribution in [0, 0.1) is 0 Å². The van der Waals surface area contributed by atoms with Crippen LogP contribution in [0.5, 0.6) is 0 Å². The zero-order valence-electron chi connectivity index (χ0n) is 40.8. The van der Waals surface area contributed by atoms with Crippen molar-refractivity contribution in [2.45, 2.75) is 258 Å². The molecule has 0 spiro atoms. The van der Waals surface area contributed by atoms with Crippen molar-refractivity contribution in [3.05, 3.63) is 106 Å². The average Bonchev–Trinajstić information content (AvgIpc) is 3.29. The molecule has 0 fully saturated rings. The number of unbranched alkanes of at least 4 members (excludes halogenated alkanes) is 26. The SMILES string of the molecule is CCCCCCCCCCCC(c1ccc(CCCCCCCCC)cc1)C(OP(O)O)(c1ccc(CCCCCCCCC)cc1)c1ccc(CCCCCCCCC)cc1. The van der Waals surface area contributed by atoms with E-state index in [4.69, 9.17) is 4.52 Å². The highest BCUT2D eigenvalue weighted by Crippen LogP contribution is 2.54. The predicted octanol–water partition coefficient (Wildman–Crippen LogP) is 18.7. The van der Waals surface area contributed by atoms with Gasteiger partial charge in [0.05, 0.1) is 0 Å². The summed E-state index contributed by atoms with van der Waals surface area (Å²) in [4.78, 5) is 22.0. The molecule has 0 amide bonds. The van der Waals surface area contributed by atoms with Crippen molar-refractivity contribution in [3.63, 3.8) is 0 Å². The molecule has 62 heavy (non-hydrogen) atoms. The van der Waals surface area contributed by atoms with Gasteiger partial charge in [0.25, 0.3) is 0 Å². The van der Waals surface area contributed by atoms with Gasteiger partial charge in [-0.1, -0.05) is 274 Å². The van der Waals surface area contributed by atoms with Crippen LogP contribution in [-0.2, 0) is 29.4 Å². The molecular weight excluding hydrogens is 776 g/mol. The Labute approximate surface area is 385 Å². The summed E-state index contributed by atoms with van der Waals surface area (Å²) in [6, 6.07) is 27.5. The van der Waals surface area contributed by atoms with Gasteiger partial charge in [-0.25, -0.2) is 0 Å². The van der Waals surface area contributed by atoms with E-state index in [9.17, 15) is 9.79 Å². The molecule has 1 unspecified atom stereocenters. The molecule has 4 heteroatoms. The fraction of sp³-hybridized carbons (Fsp3) is 0.690. The van der Waals surface area contributed by atoms with Crippen LogP contribution in [0.1, 0.15) is 266 Å². The Kier molecular flexibility index (Phi) is 30.9. The highest BCUT2D eigenvalue weighted by molar-refractivity contribution is 7.39. The molecule has 0 saturated carbocycles. The zero-order valence-corrected chi connectivity index (χ0v) is 41.7. The van der Waals surface area contributed by atoms with Crippen LogP contribution in [0.3, 0.4) is 0 Å². The first-order chi connectivity index (χ1) is 30.5. The molecule has 1 atom stereocenters. The summed E-state index contributed by atoms with van der Waals surface area (Å²) in [5.74, 6) is -0.0908. The topological polar surface area (TPSA) is 49.7 Å². The van der Waals surface area contributed by atoms with Crippen molar-refractivity contribution >= 4 is 8.60 Å². The zero-order chi connectivity index (χ0) is 44.4. The highest BCUT2D eigenvalue weighted by Gasteiger charge is 2.46. The summed E-state index contributed by atoms with van der Waals surface area (Å²) in [5.41, 5.74) is 6.30. The molecular formula is C58H95O3P. The fourth-order valence-corrected chi connectivity index (χ4v) is 10.3. The number of rotatable bonds is 40. The molecule has 0 aliphatic rings. The first-order valence-corrected chi connectivity index (χ1v) is 27.8. The van der Waals surface area contributed by atoms with E-state index in [1.165, 1.54) is 208 Å². The van der Waals surface area contributed by atoms with E-state index in [-0.39, 0.29) is 5.92 Å². The summed E-state index contributed by atoms with van der Waals surface area (Å²) in [7, 11) is -2.66. The second-order valence-electron chi connectivity index (χ2n) is 19.0. The van der Waals surface area contributed by atoms with Gasteiger partial charge in [0, 0.05) is 5.92 Å². The van der Waals surface area contributed by atoms with Crippen LogP contribution < -0.4 is 0 Å². The van der Waals surface area contributed by atoms with E-state index < -0.39 is 14.2 Å². The van der Waals surface area contributed by atoms with E-state index in [1.54, 1.807) is 0 Å². The van der Waals surface area contributed by atoms with E-state index >= 15 is 0 Å². The molecule has 0 bridgehead atoms. The normalized spacial score (nSPS) is 12.4. The third-order valence-corrected chi connectivity index (χ3v) is 14.1. The van der Waals surface area contributed by atoms with E-state index in [0.717, 1.165) is 43.2 Å². The van der Waals surface area contributed by atoms with Crippen LogP contribution in [0.15, 0.2) is 72.8 Å². The van der Waals surface area contributed by atoms with Gasteiger partial charge < -0.3 is 9.79 Å². The molecule has 0 heterocycles. The third-order valence-electron chi connectivity index (χ3n) is 13.7. The second kappa shape index (κ2) is 35.3. The lowest BCUT2D eigenvalue weighted by atomic mass is 9.70. The molecule has 3 nitrogen and oxygen atoms in total. The maximum atomic E-state index is 11.0. The van der Waals surface area contributed by atoms with Crippen LogP contribution in [-0.4, -0.2) is 9.79 Å². The fourth-order valence-electron chi connectivity index (χ4n) is 9.74. The van der Waals surface area contributed by atoms with Gasteiger partial charge in [0.15, 0.2) is 0 Å². The summed E-state index contributed by atoms with van der Waals surface area (Å²) in [6.45, 7) is 9.15. The molecule has 3 aromatic rings. The maximum Gasteiger partial charge on any atom is 0.328 e. The molecule has 0 radical (unpaired) electrons. The molecule has 0 saturated heterocycles. The van der Waals surface area contributed by atoms with Crippen LogP contribution in [0.25, 0.3) is 0 Å². The first kappa shape index (κ1) is 54.3. The molecule has 2 N–H and O–H groups in total. The Morgan fingerprint density at radius 1 is 0.371 bits per heavy atom. The van der Waals surface area contributed by atoms with Gasteiger partial charge in [-0.05, 0) is 78.3 Å². The third kappa shape index (κ3) is 21.8. The first-order valence-electron chi connectivity index (χ1n) is 26.6. The minimum Gasteiger partial charge on any atom is -0.328 e. The molecule has 3 aromatic carbocycles. The van der Waals surface area contributed by atoms with E-state index in [2.05, 4.69) is 100 Å². The Balaban J connectivity index is 1.96. The van der Waals surface area contributed by atoms with Gasteiger partial charge in [-0.15, -0.1) is 0 Å². The van der Waals surface area contributed by atoms with Gasteiger partial charge in [-0.2, -0.15) is 0 Å².